The fraction of sp³-hybridized carbons (Fsp3) is 0.571. The van der Waals surface area contributed by atoms with Gasteiger partial charge in [-0.15, -0.1) is 0 Å². The number of hydrogen-bond acceptors (Lipinski definition) is 5. The minimum Gasteiger partial charge on any atom is -0.494 e. The van der Waals surface area contributed by atoms with Crippen molar-refractivity contribution in [1.29, 1.82) is 0 Å². The SMILES string of the molecule is CN(C)CCCC(=O)CCc1ccc(CC(=O)N2CCN(C(=O)c3cccc(OCCC4CCCCC4)c3)CC2)cc1. The Labute approximate surface area is 252 Å². The fourth-order valence-corrected chi connectivity index (χ4v) is 5.99. The number of piperazine rings is 1. The van der Waals surface area contributed by atoms with Gasteiger partial charge in [0.2, 0.25) is 5.91 Å². The lowest BCUT2D eigenvalue weighted by atomic mass is 9.87. The molecule has 2 fully saturated rings. The monoisotopic (exact) mass is 575 g/mol. The Kier molecular flexibility index (Phi) is 12.4. The number of hydrogen-bond donors (Lipinski definition) is 0. The van der Waals surface area contributed by atoms with Crippen molar-refractivity contribution < 1.29 is 19.1 Å². The quantitative estimate of drug-likeness (QED) is 0.302. The highest BCUT2D eigenvalue weighted by atomic mass is 16.5. The summed E-state index contributed by atoms with van der Waals surface area (Å²) < 4.78 is 6.00. The fourth-order valence-electron chi connectivity index (χ4n) is 5.99. The first-order chi connectivity index (χ1) is 20.4. The van der Waals surface area contributed by atoms with Gasteiger partial charge in [0.25, 0.3) is 5.91 Å². The van der Waals surface area contributed by atoms with Gasteiger partial charge < -0.3 is 19.4 Å². The number of nitrogens with zero attached hydrogens (tertiary/aromatic N) is 3. The van der Waals surface area contributed by atoms with E-state index in [0.717, 1.165) is 48.6 Å². The molecule has 7 nitrogen and oxygen atoms in total. The molecule has 0 unspecified atom stereocenters. The van der Waals surface area contributed by atoms with Crippen LogP contribution >= 0.6 is 0 Å². The minimum absolute atomic E-state index is 0.00778. The summed E-state index contributed by atoms with van der Waals surface area (Å²) in [4.78, 5) is 44.1. The third kappa shape index (κ3) is 10.3. The summed E-state index contributed by atoms with van der Waals surface area (Å²) in [7, 11) is 4.04. The molecule has 2 amide bonds. The molecule has 0 bridgehead atoms. The third-order valence-electron chi connectivity index (χ3n) is 8.65. The Balaban J connectivity index is 1.16. The summed E-state index contributed by atoms with van der Waals surface area (Å²) in [6, 6.07) is 15.6. The normalized spacial score (nSPS) is 16.1. The number of carbonyl (C=O) groups excluding carboxylic acids is 3. The van der Waals surface area contributed by atoms with Crippen LogP contribution < -0.4 is 4.74 Å². The Morgan fingerprint density at radius 3 is 2.26 bits per heavy atom. The number of Topliss-reactive ketones (excluding diaryl/α,β-unsaturated/α-hetero) is 1. The maximum atomic E-state index is 13.2. The van der Waals surface area contributed by atoms with Gasteiger partial charge in [-0.25, -0.2) is 0 Å². The molecule has 1 heterocycles. The van der Waals surface area contributed by atoms with E-state index in [0.29, 0.717) is 63.4 Å². The van der Waals surface area contributed by atoms with Gasteiger partial charge in [0.15, 0.2) is 0 Å². The lowest BCUT2D eigenvalue weighted by Crippen LogP contribution is -2.51. The number of carbonyl (C=O) groups is 3. The van der Waals surface area contributed by atoms with E-state index in [1.165, 1.54) is 32.1 Å². The number of rotatable bonds is 14. The topological polar surface area (TPSA) is 70.2 Å². The standard InChI is InChI=1S/C35H49N3O4/c1-36(2)20-7-11-32(39)18-17-29-13-15-30(16-14-29)26-34(40)37-21-23-38(24-22-37)35(41)31-10-6-12-33(27-31)42-25-19-28-8-4-3-5-9-28/h6,10,12-16,27-28H,3-5,7-9,11,17-26H2,1-2H3. The number of ether oxygens (including phenoxy) is 1. The van der Waals surface area contributed by atoms with Crippen LogP contribution in [0.5, 0.6) is 5.75 Å². The first-order valence-electron chi connectivity index (χ1n) is 15.9. The molecule has 1 aliphatic heterocycles. The molecule has 0 N–H and O–H groups in total. The van der Waals surface area contributed by atoms with Crippen LogP contribution in [0.3, 0.4) is 0 Å². The Morgan fingerprint density at radius 2 is 1.55 bits per heavy atom. The molecule has 0 atom stereocenters. The number of aryl methyl sites for hydroxylation is 1. The minimum atomic E-state index is -0.00778. The Morgan fingerprint density at radius 1 is 0.857 bits per heavy atom. The molecule has 228 valence electrons. The molecule has 1 aliphatic carbocycles. The van der Waals surface area contributed by atoms with Crippen LogP contribution in [0.4, 0.5) is 0 Å². The van der Waals surface area contributed by atoms with E-state index >= 15 is 0 Å². The molecule has 2 aromatic rings. The van der Waals surface area contributed by atoms with Gasteiger partial charge >= 0.3 is 0 Å². The molecule has 1 saturated heterocycles. The maximum Gasteiger partial charge on any atom is 0.254 e. The summed E-state index contributed by atoms with van der Waals surface area (Å²) in [5.74, 6) is 1.90. The van der Waals surface area contributed by atoms with E-state index in [9.17, 15) is 14.4 Å². The highest BCUT2D eigenvalue weighted by molar-refractivity contribution is 5.94. The van der Waals surface area contributed by atoms with Gasteiger partial charge in [0.05, 0.1) is 13.0 Å². The summed E-state index contributed by atoms with van der Waals surface area (Å²) in [5, 5.41) is 0. The van der Waals surface area contributed by atoms with Gasteiger partial charge in [-0.05, 0) is 75.1 Å². The Bertz CT molecular complexity index is 1150. The van der Waals surface area contributed by atoms with Crippen LogP contribution in [0.1, 0.15) is 79.3 Å². The zero-order valence-electron chi connectivity index (χ0n) is 25.7. The van der Waals surface area contributed by atoms with E-state index < -0.39 is 0 Å². The zero-order valence-corrected chi connectivity index (χ0v) is 25.7. The van der Waals surface area contributed by atoms with Crippen LogP contribution in [0, 0.1) is 5.92 Å². The van der Waals surface area contributed by atoms with E-state index in [-0.39, 0.29) is 11.8 Å². The van der Waals surface area contributed by atoms with Crippen LogP contribution in [-0.2, 0) is 22.4 Å². The number of amides is 2. The van der Waals surface area contributed by atoms with Crippen molar-refractivity contribution in [1.82, 2.24) is 14.7 Å². The van der Waals surface area contributed by atoms with E-state index in [4.69, 9.17) is 4.74 Å². The van der Waals surface area contributed by atoms with Crippen LogP contribution in [-0.4, -0.2) is 85.7 Å². The molecule has 2 aliphatic rings. The average Bonchev–Trinajstić information content (AvgIpc) is 3.01. The maximum absolute atomic E-state index is 13.2. The molecule has 0 spiro atoms. The molecule has 2 aromatic carbocycles. The van der Waals surface area contributed by atoms with Crippen molar-refractivity contribution >= 4 is 17.6 Å². The lowest BCUT2D eigenvalue weighted by Gasteiger charge is -2.35. The van der Waals surface area contributed by atoms with Crippen molar-refractivity contribution in [2.24, 2.45) is 5.92 Å². The highest BCUT2D eigenvalue weighted by Crippen LogP contribution is 2.26. The van der Waals surface area contributed by atoms with Crippen molar-refractivity contribution in [2.75, 3.05) is 53.4 Å². The van der Waals surface area contributed by atoms with Crippen molar-refractivity contribution in [3.8, 4) is 5.75 Å². The van der Waals surface area contributed by atoms with E-state index in [1.54, 1.807) is 0 Å². The predicted octanol–water partition coefficient (Wildman–Crippen LogP) is 5.41. The van der Waals surface area contributed by atoms with Crippen molar-refractivity contribution in [3.05, 3.63) is 65.2 Å². The molecular formula is C35H49N3O4. The number of ketones is 1. The smallest absolute Gasteiger partial charge is 0.254 e. The third-order valence-corrected chi connectivity index (χ3v) is 8.65. The van der Waals surface area contributed by atoms with Gasteiger partial charge in [-0.2, -0.15) is 0 Å². The van der Waals surface area contributed by atoms with Gasteiger partial charge in [-0.1, -0.05) is 62.4 Å². The molecule has 42 heavy (non-hydrogen) atoms. The molecule has 7 heteroatoms. The second-order valence-corrected chi connectivity index (χ2v) is 12.3. The molecule has 0 aromatic heterocycles. The number of benzene rings is 2. The summed E-state index contributed by atoms with van der Waals surface area (Å²) in [5.41, 5.74) is 2.73. The van der Waals surface area contributed by atoms with Gasteiger partial charge in [0, 0.05) is 44.6 Å². The summed E-state index contributed by atoms with van der Waals surface area (Å²) in [6.45, 7) is 3.76. The highest BCUT2D eigenvalue weighted by Gasteiger charge is 2.25. The summed E-state index contributed by atoms with van der Waals surface area (Å²) in [6.07, 6.45) is 10.9. The van der Waals surface area contributed by atoms with Crippen LogP contribution in [0.15, 0.2) is 48.5 Å². The molecular weight excluding hydrogens is 526 g/mol. The van der Waals surface area contributed by atoms with E-state index in [1.807, 2.05) is 72.4 Å². The largest absolute Gasteiger partial charge is 0.494 e. The first-order valence-corrected chi connectivity index (χ1v) is 15.9. The molecule has 1 saturated carbocycles. The zero-order chi connectivity index (χ0) is 29.7. The molecule has 4 rings (SSSR count). The average molecular weight is 576 g/mol. The van der Waals surface area contributed by atoms with Gasteiger partial charge in [0.1, 0.15) is 11.5 Å². The summed E-state index contributed by atoms with van der Waals surface area (Å²) >= 11 is 0. The Hall–Kier alpha value is -3.19. The van der Waals surface area contributed by atoms with Crippen molar-refractivity contribution in [3.63, 3.8) is 0 Å². The second-order valence-electron chi connectivity index (χ2n) is 12.3. The van der Waals surface area contributed by atoms with E-state index in [2.05, 4.69) is 4.90 Å². The van der Waals surface area contributed by atoms with Crippen molar-refractivity contribution in [2.45, 2.75) is 70.6 Å². The second kappa shape index (κ2) is 16.4. The predicted molar refractivity (Wildman–Crippen MR) is 167 cm³/mol. The van der Waals surface area contributed by atoms with Gasteiger partial charge in [-0.3, -0.25) is 14.4 Å². The molecule has 0 radical (unpaired) electrons. The first kappa shape index (κ1) is 31.7. The van der Waals surface area contributed by atoms with Crippen LogP contribution in [0.25, 0.3) is 0 Å². The van der Waals surface area contributed by atoms with Crippen LogP contribution in [0.2, 0.25) is 0 Å². The lowest BCUT2D eigenvalue weighted by molar-refractivity contribution is -0.132.